The molecule has 0 aliphatic carbocycles. The third kappa shape index (κ3) is 5.92. The maximum atomic E-state index is 9.70. The summed E-state index contributed by atoms with van der Waals surface area (Å²) in [6.45, 7) is -0.0556. The second-order valence-corrected chi connectivity index (χ2v) is 1.47. The van der Waals surface area contributed by atoms with Gasteiger partial charge >= 0.3 is 0 Å². The zero-order valence-electron chi connectivity index (χ0n) is 4.35. The zero-order chi connectivity index (χ0) is 5.54. The monoisotopic (exact) mass is 102 g/mol. The van der Waals surface area contributed by atoms with Crippen LogP contribution in [0.4, 0.5) is 0 Å². The maximum absolute atomic E-state index is 9.70. The smallest absolute Gasteiger partial charge is 0.0822 e. The Kier molecular flexibility index (Phi) is 5.85. The molecular formula is C5H10O2. The van der Waals surface area contributed by atoms with Gasteiger partial charge in [-0.25, -0.2) is 10.2 Å². The van der Waals surface area contributed by atoms with Gasteiger partial charge in [0.2, 0.25) is 0 Å². The van der Waals surface area contributed by atoms with E-state index in [9.17, 15) is 10.2 Å². The van der Waals surface area contributed by atoms with E-state index in [4.69, 9.17) is 0 Å². The Hall–Kier alpha value is -0.0800. The Labute approximate surface area is 43.8 Å². The first kappa shape index (κ1) is 6.92. The number of unbranched alkanes of at least 4 members (excludes halogenated alkanes) is 2. The van der Waals surface area contributed by atoms with Crippen LogP contribution in [0.1, 0.15) is 19.3 Å². The van der Waals surface area contributed by atoms with E-state index in [2.05, 4.69) is 0 Å². The average Bonchev–Trinajstić information content (AvgIpc) is 1.69. The van der Waals surface area contributed by atoms with Gasteiger partial charge < -0.3 is 0 Å². The molecule has 0 fully saturated rings. The van der Waals surface area contributed by atoms with Gasteiger partial charge in [-0.3, -0.25) is 0 Å². The van der Waals surface area contributed by atoms with Crippen molar-refractivity contribution < 1.29 is 10.2 Å². The fraction of sp³-hybridized carbons (Fsp3) is 1.00. The Bertz CT molecular complexity index is 25.3. The molecular weight excluding hydrogens is 92.1 g/mol. The summed E-state index contributed by atoms with van der Waals surface area (Å²) < 4.78 is 0. The lowest BCUT2D eigenvalue weighted by Gasteiger charge is -1.87. The molecule has 0 spiro atoms. The van der Waals surface area contributed by atoms with Crippen LogP contribution >= 0.6 is 0 Å². The molecule has 7 heavy (non-hydrogen) atoms. The van der Waals surface area contributed by atoms with Crippen LogP contribution in [-0.4, -0.2) is 13.2 Å². The molecule has 0 aromatic carbocycles. The van der Waals surface area contributed by atoms with E-state index in [0.29, 0.717) is 12.8 Å². The molecule has 2 nitrogen and oxygen atoms in total. The maximum Gasteiger partial charge on any atom is 0.0822 e. The number of hydrogen-bond donors (Lipinski definition) is 0. The molecule has 2 heteroatoms. The first-order chi connectivity index (χ1) is 3.41. The number of hydrogen-bond acceptors (Lipinski definition) is 0. The molecule has 0 aliphatic heterocycles. The second-order valence-electron chi connectivity index (χ2n) is 1.47. The highest BCUT2D eigenvalue weighted by Crippen LogP contribution is 1.91. The molecule has 0 saturated carbocycles. The summed E-state index contributed by atoms with van der Waals surface area (Å²) in [6, 6.07) is 0. The van der Waals surface area contributed by atoms with Crippen LogP contribution in [0.25, 0.3) is 0 Å². The summed E-state index contributed by atoms with van der Waals surface area (Å²) in [7, 11) is 0. The first-order valence-electron chi connectivity index (χ1n) is 2.58. The zero-order valence-corrected chi connectivity index (χ0v) is 4.35. The molecule has 0 unspecified atom stereocenters. The first-order valence-corrected chi connectivity index (χ1v) is 2.58. The molecule has 0 rings (SSSR count). The van der Waals surface area contributed by atoms with E-state index in [1.165, 1.54) is 0 Å². The van der Waals surface area contributed by atoms with Gasteiger partial charge in [0.25, 0.3) is 0 Å². The molecule has 0 saturated heterocycles. The summed E-state index contributed by atoms with van der Waals surface area (Å²) in [6.07, 6.45) is 2.15. The van der Waals surface area contributed by atoms with Crippen LogP contribution in [0, 0.1) is 0 Å². The molecule has 0 atom stereocenters. The quantitative estimate of drug-likeness (QED) is 0.475. The van der Waals surface area contributed by atoms with Gasteiger partial charge in [-0.2, -0.15) is 0 Å². The second kappa shape index (κ2) is 5.92. The Morgan fingerprint density at radius 3 is 1.43 bits per heavy atom. The van der Waals surface area contributed by atoms with Crippen LogP contribution in [0.3, 0.4) is 0 Å². The highest BCUT2D eigenvalue weighted by Gasteiger charge is 1.83. The van der Waals surface area contributed by atoms with Crippen molar-refractivity contribution in [1.29, 1.82) is 0 Å². The van der Waals surface area contributed by atoms with E-state index < -0.39 is 0 Å². The third-order valence-electron chi connectivity index (χ3n) is 0.789. The lowest BCUT2D eigenvalue weighted by molar-refractivity contribution is 0.165. The third-order valence-corrected chi connectivity index (χ3v) is 0.789. The van der Waals surface area contributed by atoms with Crippen molar-refractivity contribution in [2.24, 2.45) is 0 Å². The van der Waals surface area contributed by atoms with Crippen LogP contribution in [0.5, 0.6) is 0 Å². The standard InChI is InChI=1S/C5H10O2/c6-4-2-1-3-5-7/h1-5H2. The summed E-state index contributed by atoms with van der Waals surface area (Å²) in [5, 5.41) is 19.4. The normalized spacial score (nSPS) is 9.43. The van der Waals surface area contributed by atoms with Gasteiger partial charge in [0, 0.05) is 0 Å². The topological polar surface area (TPSA) is 39.8 Å². The van der Waals surface area contributed by atoms with Crippen molar-refractivity contribution in [1.82, 2.24) is 0 Å². The van der Waals surface area contributed by atoms with Crippen LogP contribution in [0.2, 0.25) is 0 Å². The summed E-state index contributed by atoms with van der Waals surface area (Å²) in [5.74, 6) is 0. The Morgan fingerprint density at radius 2 is 1.14 bits per heavy atom. The molecule has 42 valence electrons. The molecule has 0 N–H and O–H groups in total. The van der Waals surface area contributed by atoms with E-state index in [-0.39, 0.29) is 13.2 Å². The van der Waals surface area contributed by atoms with Crippen molar-refractivity contribution in [3.63, 3.8) is 0 Å². The van der Waals surface area contributed by atoms with Gasteiger partial charge in [-0.1, -0.05) is 0 Å². The van der Waals surface area contributed by atoms with Gasteiger partial charge in [0.15, 0.2) is 0 Å². The largest absolute Gasteiger partial charge is 0.237 e. The Balaban J connectivity index is 2.45. The summed E-state index contributed by atoms with van der Waals surface area (Å²) >= 11 is 0. The molecule has 2 radical (unpaired) electrons. The SMILES string of the molecule is [O]CCCCC[O]. The minimum atomic E-state index is -0.0278. The van der Waals surface area contributed by atoms with E-state index >= 15 is 0 Å². The minimum absolute atomic E-state index is 0.0278. The van der Waals surface area contributed by atoms with E-state index in [1.54, 1.807) is 0 Å². The van der Waals surface area contributed by atoms with Gasteiger partial charge in [-0.15, -0.1) is 0 Å². The van der Waals surface area contributed by atoms with Gasteiger partial charge in [-0.05, 0) is 19.3 Å². The lowest BCUT2D eigenvalue weighted by Crippen LogP contribution is -1.83. The summed E-state index contributed by atoms with van der Waals surface area (Å²) in [5.41, 5.74) is 0. The molecule has 0 bridgehead atoms. The van der Waals surface area contributed by atoms with Crippen LogP contribution in [-0.2, 0) is 10.2 Å². The van der Waals surface area contributed by atoms with Crippen LogP contribution < -0.4 is 0 Å². The minimum Gasteiger partial charge on any atom is -0.237 e. The fourth-order valence-corrected chi connectivity index (χ4v) is 0.381. The van der Waals surface area contributed by atoms with Gasteiger partial charge in [0.1, 0.15) is 0 Å². The van der Waals surface area contributed by atoms with Crippen molar-refractivity contribution in [2.75, 3.05) is 13.2 Å². The Morgan fingerprint density at radius 1 is 0.714 bits per heavy atom. The number of rotatable bonds is 4. The van der Waals surface area contributed by atoms with Crippen LogP contribution in [0.15, 0.2) is 0 Å². The van der Waals surface area contributed by atoms with Crippen molar-refractivity contribution in [3.05, 3.63) is 0 Å². The van der Waals surface area contributed by atoms with Crippen molar-refractivity contribution in [3.8, 4) is 0 Å². The molecule has 0 aromatic rings. The molecule has 0 amide bonds. The lowest BCUT2D eigenvalue weighted by atomic mass is 10.2. The van der Waals surface area contributed by atoms with E-state index in [0.717, 1.165) is 6.42 Å². The predicted octanol–water partition coefficient (Wildman–Crippen LogP) is 1.02. The van der Waals surface area contributed by atoms with Crippen molar-refractivity contribution in [2.45, 2.75) is 19.3 Å². The highest BCUT2D eigenvalue weighted by atomic mass is 16.3. The molecule has 0 aromatic heterocycles. The fourth-order valence-electron chi connectivity index (χ4n) is 0.381. The van der Waals surface area contributed by atoms with Crippen molar-refractivity contribution >= 4 is 0 Å². The highest BCUT2D eigenvalue weighted by molar-refractivity contribution is 4.35. The van der Waals surface area contributed by atoms with Gasteiger partial charge in [0.05, 0.1) is 13.2 Å². The van der Waals surface area contributed by atoms with E-state index in [1.807, 2.05) is 0 Å². The molecule has 0 aliphatic rings. The molecule has 0 heterocycles. The average molecular weight is 102 g/mol. The predicted molar refractivity (Wildman–Crippen MR) is 25.0 cm³/mol. The summed E-state index contributed by atoms with van der Waals surface area (Å²) in [4.78, 5) is 0.